The molecule has 0 saturated heterocycles. The van der Waals surface area contributed by atoms with E-state index in [0.717, 1.165) is 29.0 Å². The van der Waals surface area contributed by atoms with E-state index in [9.17, 15) is 10.2 Å². The van der Waals surface area contributed by atoms with Gasteiger partial charge in [-0.25, -0.2) is 0 Å². The molecule has 160 valence electrons. The molecule has 0 aliphatic heterocycles. The molecule has 2 aromatic carbocycles. The highest BCUT2D eigenvalue weighted by Crippen LogP contribution is 2.44. The van der Waals surface area contributed by atoms with E-state index >= 15 is 0 Å². The number of benzene rings is 2. The fourth-order valence-corrected chi connectivity index (χ4v) is 5.52. The Balaban J connectivity index is 2.39. The highest BCUT2D eigenvalue weighted by atomic mass is 79.9. The first-order chi connectivity index (χ1) is 13.4. The molecule has 8 heteroatoms. The quantitative estimate of drug-likeness (QED) is 0.336. The molecule has 0 aromatic heterocycles. The van der Waals surface area contributed by atoms with Crippen LogP contribution in [0.25, 0.3) is 0 Å². The van der Waals surface area contributed by atoms with Crippen LogP contribution in [0.4, 0.5) is 0 Å². The lowest BCUT2D eigenvalue weighted by atomic mass is 9.78. The molecule has 2 atom stereocenters. The number of hydrogen-bond donors (Lipinski definition) is 2. The first-order valence-corrected chi connectivity index (χ1v) is 12.2. The summed E-state index contributed by atoms with van der Waals surface area (Å²) in [4.78, 5) is 0. The molecule has 2 N–H and O–H groups in total. The topological polar surface area (TPSA) is 58.9 Å². The monoisotopic (exact) mass is 656 g/mol. The Kier molecular flexibility index (Phi) is 9.07. The van der Waals surface area contributed by atoms with Crippen molar-refractivity contribution in [1.82, 2.24) is 0 Å². The van der Waals surface area contributed by atoms with Crippen LogP contribution in [0.2, 0.25) is 0 Å². The van der Waals surface area contributed by atoms with Crippen LogP contribution < -0.4 is 9.47 Å². The lowest BCUT2D eigenvalue weighted by Gasteiger charge is -2.28. The van der Waals surface area contributed by atoms with Gasteiger partial charge in [-0.1, -0.05) is 13.8 Å². The maximum absolute atomic E-state index is 9.48. The van der Waals surface area contributed by atoms with Gasteiger partial charge >= 0.3 is 0 Å². The van der Waals surface area contributed by atoms with Crippen molar-refractivity contribution < 1.29 is 19.7 Å². The Morgan fingerprint density at radius 2 is 1.00 bits per heavy atom. The van der Waals surface area contributed by atoms with Gasteiger partial charge in [0, 0.05) is 5.41 Å². The maximum Gasteiger partial charge on any atom is 0.147 e. The van der Waals surface area contributed by atoms with E-state index in [4.69, 9.17) is 9.47 Å². The number of halogens is 4. The third kappa shape index (κ3) is 6.43. The predicted octanol–water partition coefficient (Wildman–Crippen LogP) is 6.58. The average molecular weight is 660 g/mol. The summed E-state index contributed by atoms with van der Waals surface area (Å²) in [5, 5.41) is 19.0. The molecule has 0 bridgehead atoms. The molecule has 0 saturated carbocycles. The molecule has 0 fully saturated rings. The first kappa shape index (κ1) is 25.1. The van der Waals surface area contributed by atoms with Gasteiger partial charge in [-0.2, -0.15) is 0 Å². The van der Waals surface area contributed by atoms with Crippen molar-refractivity contribution in [3.8, 4) is 11.5 Å². The van der Waals surface area contributed by atoms with Crippen LogP contribution in [0.1, 0.15) is 38.8 Å². The van der Waals surface area contributed by atoms with E-state index in [1.54, 1.807) is 13.8 Å². The van der Waals surface area contributed by atoms with Gasteiger partial charge in [0.05, 0.1) is 30.1 Å². The third-order valence-corrected chi connectivity index (χ3v) is 6.73. The minimum absolute atomic E-state index is 0.216. The molecule has 29 heavy (non-hydrogen) atoms. The zero-order valence-electron chi connectivity index (χ0n) is 16.6. The van der Waals surface area contributed by atoms with Gasteiger partial charge in [-0.15, -0.1) is 0 Å². The molecular weight excluding hydrogens is 636 g/mol. The zero-order chi connectivity index (χ0) is 21.9. The summed E-state index contributed by atoms with van der Waals surface area (Å²) in [7, 11) is 0. The predicted molar refractivity (Wildman–Crippen MR) is 130 cm³/mol. The van der Waals surface area contributed by atoms with E-state index < -0.39 is 12.2 Å². The van der Waals surface area contributed by atoms with Gasteiger partial charge in [-0.3, -0.25) is 0 Å². The van der Waals surface area contributed by atoms with E-state index in [2.05, 4.69) is 77.6 Å². The maximum atomic E-state index is 9.48. The Hall–Kier alpha value is -0.120. The Morgan fingerprint density at radius 1 is 0.724 bits per heavy atom. The fourth-order valence-electron chi connectivity index (χ4n) is 2.69. The van der Waals surface area contributed by atoms with Crippen molar-refractivity contribution in [3.05, 3.63) is 53.3 Å². The summed E-state index contributed by atoms with van der Waals surface area (Å²) >= 11 is 14.4. The molecule has 4 nitrogen and oxygen atoms in total. The number of aliphatic hydroxyl groups excluding tert-OH is 2. The second-order valence-electron chi connectivity index (χ2n) is 7.48. The molecule has 0 radical (unpaired) electrons. The van der Waals surface area contributed by atoms with Crippen LogP contribution in [0, 0.1) is 0 Å². The SMILES string of the molecule is CC(O)COc1c(Br)cc(C(C)(C)c2cc(Br)c(OCC(C)O)c(Br)c2)cc1Br. The van der Waals surface area contributed by atoms with E-state index in [0.29, 0.717) is 11.5 Å². The van der Waals surface area contributed by atoms with E-state index in [1.165, 1.54) is 0 Å². The van der Waals surface area contributed by atoms with Gasteiger partial charge in [0.15, 0.2) is 0 Å². The summed E-state index contributed by atoms with van der Waals surface area (Å²) in [5.74, 6) is 1.32. The van der Waals surface area contributed by atoms with E-state index in [-0.39, 0.29) is 18.6 Å². The van der Waals surface area contributed by atoms with Crippen LogP contribution in [0.5, 0.6) is 11.5 Å². The second-order valence-corrected chi connectivity index (χ2v) is 10.9. The summed E-state index contributed by atoms with van der Waals surface area (Å²) in [6, 6.07) is 8.12. The summed E-state index contributed by atoms with van der Waals surface area (Å²) in [6.45, 7) is 8.08. The van der Waals surface area contributed by atoms with Gasteiger partial charge in [0.1, 0.15) is 24.7 Å². The Bertz CT molecular complexity index is 750. The Morgan fingerprint density at radius 3 is 1.24 bits per heavy atom. The second kappa shape index (κ2) is 10.5. The molecule has 2 unspecified atom stereocenters. The fraction of sp³-hybridized carbons (Fsp3) is 0.429. The number of hydrogen-bond acceptors (Lipinski definition) is 4. The van der Waals surface area contributed by atoms with Gasteiger partial charge in [0.25, 0.3) is 0 Å². The molecule has 2 rings (SSSR count). The van der Waals surface area contributed by atoms with Crippen LogP contribution >= 0.6 is 63.7 Å². The Labute approximate surface area is 205 Å². The van der Waals surface area contributed by atoms with Crippen molar-refractivity contribution in [2.75, 3.05) is 13.2 Å². The third-order valence-electron chi connectivity index (χ3n) is 4.38. The average Bonchev–Trinajstić information content (AvgIpc) is 2.59. The lowest BCUT2D eigenvalue weighted by molar-refractivity contribution is 0.121. The van der Waals surface area contributed by atoms with Crippen molar-refractivity contribution in [3.63, 3.8) is 0 Å². The van der Waals surface area contributed by atoms with Gasteiger partial charge in [0.2, 0.25) is 0 Å². The molecule has 2 aromatic rings. The van der Waals surface area contributed by atoms with Crippen LogP contribution in [0.3, 0.4) is 0 Å². The van der Waals surface area contributed by atoms with Crippen molar-refractivity contribution in [1.29, 1.82) is 0 Å². The van der Waals surface area contributed by atoms with Gasteiger partial charge in [-0.05, 0) is 113 Å². The van der Waals surface area contributed by atoms with E-state index in [1.807, 2.05) is 24.3 Å². The van der Waals surface area contributed by atoms with Crippen LogP contribution in [-0.4, -0.2) is 35.6 Å². The summed E-state index contributed by atoms with van der Waals surface area (Å²) in [6.07, 6.45) is -1.09. The first-order valence-electron chi connectivity index (χ1n) is 9.04. The lowest BCUT2D eigenvalue weighted by Crippen LogP contribution is -2.20. The molecule has 0 aliphatic rings. The highest BCUT2D eigenvalue weighted by molar-refractivity contribution is 9.11. The van der Waals surface area contributed by atoms with Gasteiger partial charge < -0.3 is 19.7 Å². The number of rotatable bonds is 8. The normalized spacial score (nSPS) is 13.9. The zero-order valence-corrected chi connectivity index (χ0v) is 22.9. The molecule has 0 aliphatic carbocycles. The highest BCUT2D eigenvalue weighted by Gasteiger charge is 2.27. The van der Waals surface area contributed by atoms with Crippen LogP contribution in [-0.2, 0) is 5.41 Å². The molecule has 0 heterocycles. The van der Waals surface area contributed by atoms with Crippen LogP contribution in [0.15, 0.2) is 42.2 Å². The molecule has 0 spiro atoms. The van der Waals surface area contributed by atoms with Crippen molar-refractivity contribution in [2.24, 2.45) is 0 Å². The summed E-state index contributed by atoms with van der Waals surface area (Å²) < 4.78 is 14.7. The molecular formula is C21H24Br4O4. The van der Waals surface area contributed by atoms with Crippen molar-refractivity contribution >= 4 is 63.7 Å². The number of ether oxygens (including phenoxy) is 2. The largest absolute Gasteiger partial charge is 0.489 e. The summed E-state index contributed by atoms with van der Waals surface area (Å²) in [5.41, 5.74) is 1.84. The number of aliphatic hydroxyl groups is 2. The standard InChI is InChI=1S/C21H24Br4O4/c1-11(26)9-28-19-15(22)5-13(6-16(19)23)21(3,4)14-7-17(24)20(18(25)8-14)29-10-12(2)27/h5-8,11-12,26-27H,9-10H2,1-4H3. The minimum atomic E-state index is -0.547. The smallest absolute Gasteiger partial charge is 0.147 e. The molecule has 0 amide bonds. The van der Waals surface area contributed by atoms with Crippen molar-refractivity contribution in [2.45, 2.75) is 45.3 Å². The minimum Gasteiger partial charge on any atom is -0.489 e.